The maximum absolute atomic E-state index is 11.8. The number of hydrogen-bond donors (Lipinski definition) is 2. The van der Waals surface area contributed by atoms with Gasteiger partial charge in [-0.2, -0.15) is 0 Å². The van der Waals surface area contributed by atoms with Crippen molar-refractivity contribution in [2.24, 2.45) is 0 Å². The van der Waals surface area contributed by atoms with Gasteiger partial charge in [-0.1, -0.05) is 12.8 Å². The van der Waals surface area contributed by atoms with Crippen LogP contribution in [0.4, 0.5) is 5.69 Å². The van der Waals surface area contributed by atoms with E-state index in [4.69, 9.17) is 5.73 Å². The van der Waals surface area contributed by atoms with Gasteiger partial charge in [-0.3, -0.25) is 4.79 Å². The van der Waals surface area contributed by atoms with Crippen molar-refractivity contribution in [2.45, 2.75) is 38.6 Å². The molecule has 1 fully saturated rings. The number of thiophene rings is 1. The average Bonchev–Trinajstić information content (AvgIpc) is 2.78. The number of nitrogen functional groups attached to an aromatic ring is 1. The van der Waals surface area contributed by atoms with Crippen LogP contribution in [0.3, 0.4) is 0 Å². The summed E-state index contributed by atoms with van der Waals surface area (Å²) < 4.78 is 0. The van der Waals surface area contributed by atoms with E-state index in [0.717, 1.165) is 28.3 Å². The van der Waals surface area contributed by atoms with Crippen LogP contribution in [0.15, 0.2) is 6.07 Å². The molecule has 1 aromatic rings. The van der Waals surface area contributed by atoms with Gasteiger partial charge in [0.15, 0.2) is 0 Å². The molecule has 0 atom stereocenters. The van der Waals surface area contributed by atoms with E-state index in [1.54, 1.807) is 6.07 Å². The number of nitrogens with two attached hydrogens (primary N) is 1. The molecule has 1 aliphatic carbocycles. The van der Waals surface area contributed by atoms with Gasteiger partial charge in [-0.05, 0) is 25.8 Å². The fraction of sp³-hybridized carbons (Fsp3) is 0.545. The second-order valence-corrected chi connectivity index (χ2v) is 5.33. The molecule has 1 amide bonds. The molecule has 1 aromatic heterocycles. The number of amides is 1. The molecule has 0 saturated heterocycles. The number of hydrogen-bond acceptors (Lipinski definition) is 3. The fourth-order valence-corrected chi connectivity index (χ4v) is 2.78. The molecule has 15 heavy (non-hydrogen) atoms. The van der Waals surface area contributed by atoms with Crippen molar-refractivity contribution < 1.29 is 4.79 Å². The maximum Gasteiger partial charge on any atom is 0.261 e. The Morgan fingerprint density at radius 2 is 2.20 bits per heavy atom. The molecular formula is C11H16N2OS. The van der Waals surface area contributed by atoms with Gasteiger partial charge in [0.05, 0.1) is 4.88 Å². The van der Waals surface area contributed by atoms with Crippen molar-refractivity contribution >= 4 is 22.9 Å². The standard InChI is InChI=1S/C11H16N2OS/c1-7-9(12)6-10(15-7)11(14)13-8-4-2-3-5-8/h6,8H,2-5,12H2,1H3,(H,13,14). The molecule has 0 unspecified atom stereocenters. The van der Waals surface area contributed by atoms with Crippen molar-refractivity contribution in [2.75, 3.05) is 5.73 Å². The predicted molar refractivity (Wildman–Crippen MR) is 63.2 cm³/mol. The summed E-state index contributed by atoms with van der Waals surface area (Å²) in [6, 6.07) is 2.14. The van der Waals surface area contributed by atoms with Crippen LogP contribution < -0.4 is 11.1 Å². The number of carbonyl (C=O) groups excluding carboxylic acids is 1. The van der Waals surface area contributed by atoms with Crippen molar-refractivity contribution in [1.82, 2.24) is 5.32 Å². The molecule has 3 N–H and O–H groups in total. The summed E-state index contributed by atoms with van der Waals surface area (Å²) in [5, 5.41) is 3.05. The Morgan fingerprint density at radius 1 is 1.53 bits per heavy atom. The van der Waals surface area contributed by atoms with E-state index < -0.39 is 0 Å². The first-order valence-electron chi connectivity index (χ1n) is 5.33. The minimum absolute atomic E-state index is 0.0340. The largest absolute Gasteiger partial charge is 0.398 e. The molecule has 2 rings (SSSR count). The normalized spacial score (nSPS) is 16.9. The Labute approximate surface area is 93.7 Å². The third kappa shape index (κ3) is 2.31. The van der Waals surface area contributed by atoms with Crippen LogP contribution in [-0.2, 0) is 0 Å². The minimum atomic E-state index is 0.0340. The van der Waals surface area contributed by atoms with E-state index in [1.807, 2.05) is 6.92 Å². The summed E-state index contributed by atoms with van der Waals surface area (Å²) >= 11 is 1.47. The molecule has 4 heteroatoms. The molecule has 1 saturated carbocycles. The van der Waals surface area contributed by atoms with Gasteiger partial charge < -0.3 is 11.1 Å². The summed E-state index contributed by atoms with van der Waals surface area (Å²) in [6.45, 7) is 1.94. The Morgan fingerprint density at radius 3 is 2.73 bits per heavy atom. The average molecular weight is 224 g/mol. The fourth-order valence-electron chi connectivity index (χ4n) is 1.93. The Bertz CT molecular complexity index is 347. The van der Waals surface area contributed by atoms with E-state index >= 15 is 0 Å². The van der Waals surface area contributed by atoms with Crippen LogP contribution in [0.5, 0.6) is 0 Å². The lowest BCUT2D eigenvalue weighted by Crippen LogP contribution is -2.31. The molecule has 1 aliphatic rings. The monoisotopic (exact) mass is 224 g/mol. The lowest BCUT2D eigenvalue weighted by atomic mass is 10.2. The number of anilines is 1. The summed E-state index contributed by atoms with van der Waals surface area (Å²) in [6.07, 6.45) is 4.70. The first kappa shape index (κ1) is 10.5. The molecule has 0 radical (unpaired) electrons. The highest BCUT2D eigenvalue weighted by Crippen LogP contribution is 2.24. The smallest absolute Gasteiger partial charge is 0.261 e. The number of aryl methyl sites for hydroxylation is 1. The van der Waals surface area contributed by atoms with E-state index in [2.05, 4.69) is 5.32 Å². The first-order valence-corrected chi connectivity index (χ1v) is 6.15. The van der Waals surface area contributed by atoms with Crippen molar-refractivity contribution in [3.63, 3.8) is 0 Å². The van der Waals surface area contributed by atoms with Gasteiger partial charge in [-0.15, -0.1) is 11.3 Å². The molecule has 0 bridgehead atoms. The summed E-state index contributed by atoms with van der Waals surface area (Å²) in [5.74, 6) is 0.0340. The van der Waals surface area contributed by atoms with Crippen LogP contribution in [0.1, 0.15) is 40.2 Å². The zero-order chi connectivity index (χ0) is 10.8. The molecule has 0 spiro atoms. The maximum atomic E-state index is 11.8. The van der Waals surface area contributed by atoms with E-state index in [0.29, 0.717) is 6.04 Å². The van der Waals surface area contributed by atoms with Gasteiger partial charge in [0.2, 0.25) is 0 Å². The lowest BCUT2D eigenvalue weighted by molar-refractivity contribution is 0.0942. The van der Waals surface area contributed by atoms with Crippen molar-refractivity contribution in [3.8, 4) is 0 Å². The molecule has 0 aromatic carbocycles. The SMILES string of the molecule is Cc1sc(C(=O)NC2CCCC2)cc1N. The first-order chi connectivity index (χ1) is 7.16. The lowest BCUT2D eigenvalue weighted by Gasteiger charge is -2.10. The Kier molecular flexibility index (Phi) is 2.95. The zero-order valence-electron chi connectivity index (χ0n) is 8.88. The number of carbonyl (C=O) groups is 1. The predicted octanol–water partition coefficient (Wildman–Crippen LogP) is 2.31. The summed E-state index contributed by atoms with van der Waals surface area (Å²) in [7, 11) is 0. The second kappa shape index (κ2) is 4.23. The van der Waals surface area contributed by atoms with E-state index in [1.165, 1.54) is 24.2 Å². The summed E-state index contributed by atoms with van der Waals surface area (Å²) in [4.78, 5) is 13.6. The van der Waals surface area contributed by atoms with E-state index in [9.17, 15) is 4.79 Å². The summed E-state index contributed by atoms with van der Waals surface area (Å²) in [5.41, 5.74) is 6.44. The minimum Gasteiger partial charge on any atom is -0.398 e. The topological polar surface area (TPSA) is 55.1 Å². The second-order valence-electron chi connectivity index (χ2n) is 4.08. The highest BCUT2D eigenvalue weighted by atomic mass is 32.1. The van der Waals surface area contributed by atoms with Gasteiger partial charge in [-0.25, -0.2) is 0 Å². The molecule has 82 valence electrons. The van der Waals surface area contributed by atoms with E-state index in [-0.39, 0.29) is 5.91 Å². The molecule has 3 nitrogen and oxygen atoms in total. The zero-order valence-corrected chi connectivity index (χ0v) is 9.69. The molecule has 1 heterocycles. The third-order valence-electron chi connectivity index (χ3n) is 2.87. The number of nitrogens with one attached hydrogen (secondary N) is 1. The third-order valence-corrected chi connectivity index (χ3v) is 3.94. The van der Waals surface area contributed by atoms with Crippen LogP contribution in [0, 0.1) is 6.92 Å². The number of rotatable bonds is 2. The van der Waals surface area contributed by atoms with Crippen molar-refractivity contribution in [3.05, 3.63) is 15.8 Å². The Hall–Kier alpha value is -1.03. The van der Waals surface area contributed by atoms with Gasteiger partial charge in [0, 0.05) is 16.6 Å². The van der Waals surface area contributed by atoms with Crippen LogP contribution >= 0.6 is 11.3 Å². The molecule has 0 aliphatic heterocycles. The van der Waals surface area contributed by atoms with Gasteiger partial charge >= 0.3 is 0 Å². The van der Waals surface area contributed by atoms with Crippen molar-refractivity contribution in [1.29, 1.82) is 0 Å². The van der Waals surface area contributed by atoms with Gasteiger partial charge in [0.25, 0.3) is 5.91 Å². The Balaban J connectivity index is 2.00. The van der Waals surface area contributed by atoms with Gasteiger partial charge in [0.1, 0.15) is 0 Å². The highest BCUT2D eigenvalue weighted by Gasteiger charge is 2.19. The molecular weight excluding hydrogens is 208 g/mol. The highest BCUT2D eigenvalue weighted by molar-refractivity contribution is 7.14. The quantitative estimate of drug-likeness (QED) is 0.810. The van der Waals surface area contributed by atoms with Crippen LogP contribution in [0.2, 0.25) is 0 Å². The van der Waals surface area contributed by atoms with Crippen LogP contribution in [-0.4, -0.2) is 11.9 Å². The van der Waals surface area contributed by atoms with Crippen LogP contribution in [0.25, 0.3) is 0 Å².